The van der Waals surface area contributed by atoms with E-state index in [0.29, 0.717) is 12.0 Å². The molecule has 0 amide bonds. The smallest absolute Gasteiger partial charge is 0.178 e. The Morgan fingerprint density at radius 3 is 2.73 bits per heavy atom. The van der Waals surface area contributed by atoms with E-state index in [4.69, 9.17) is 12.2 Å². The van der Waals surface area contributed by atoms with Gasteiger partial charge in [0.05, 0.1) is 0 Å². The molecule has 0 aliphatic carbocycles. The molecule has 114 valence electrons. The molecule has 1 aliphatic rings. The van der Waals surface area contributed by atoms with Gasteiger partial charge in [-0.3, -0.25) is 0 Å². The highest BCUT2D eigenvalue weighted by Gasteiger charge is 2.28. The number of rotatable bonds is 2. The van der Waals surface area contributed by atoms with Gasteiger partial charge in [-0.2, -0.15) is 0 Å². The van der Waals surface area contributed by atoms with Gasteiger partial charge in [0, 0.05) is 17.4 Å². The lowest BCUT2D eigenvalue weighted by Gasteiger charge is -2.26. The predicted octanol–water partition coefficient (Wildman–Crippen LogP) is 4.96. The molecule has 0 bridgehead atoms. The van der Waals surface area contributed by atoms with Crippen LogP contribution in [-0.2, 0) is 6.42 Å². The molecule has 0 saturated carbocycles. The standard InChI is InChI=1S/C19H22N2S/c1-13(2)15-8-6-9-17(12-15)20-19(22)21-14(3)11-16-7-4-5-10-18(16)21/h4-10,12-14H,11H2,1-3H3,(H,20,22). The Morgan fingerprint density at radius 1 is 1.18 bits per heavy atom. The molecule has 0 spiro atoms. The van der Waals surface area contributed by atoms with Crippen LogP contribution in [0.3, 0.4) is 0 Å². The number of nitrogens with one attached hydrogen (secondary N) is 1. The molecule has 1 N–H and O–H groups in total. The highest BCUT2D eigenvalue weighted by atomic mass is 32.1. The first kappa shape index (κ1) is 15.0. The van der Waals surface area contributed by atoms with Gasteiger partial charge in [-0.1, -0.05) is 44.2 Å². The zero-order valence-corrected chi connectivity index (χ0v) is 14.2. The topological polar surface area (TPSA) is 15.3 Å². The van der Waals surface area contributed by atoms with Crippen molar-refractivity contribution in [2.75, 3.05) is 10.2 Å². The fourth-order valence-corrected chi connectivity index (χ4v) is 3.43. The molecule has 1 heterocycles. The van der Waals surface area contributed by atoms with Crippen molar-refractivity contribution in [3.63, 3.8) is 0 Å². The van der Waals surface area contributed by atoms with Crippen molar-refractivity contribution in [2.24, 2.45) is 0 Å². The van der Waals surface area contributed by atoms with Crippen LogP contribution in [0.2, 0.25) is 0 Å². The normalized spacial score (nSPS) is 16.7. The van der Waals surface area contributed by atoms with Crippen molar-refractivity contribution in [2.45, 2.75) is 39.2 Å². The molecule has 1 atom stereocenters. The van der Waals surface area contributed by atoms with Crippen molar-refractivity contribution in [3.05, 3.63) is 59.7 Å². The summed E-state index contributed by atoms with van der Waals surface area (Å²) in [5, 5.41) is 4.18. The summed E-state index contributed by atoms with van der Waals surface area (Å²) in [7, 11) is 0. The first-order valence-corrected chi connectivity index (χ1v) is 8.25. The van der Waals surface area contributed by atoms with Gasteiger partial charge in [0.2, 0.25) is 0 Å². The molecule has 0 radical (unpaired) electrons. The van der Waals surface area contributed by atoms with E-state index < -0.39 is 0 Å². The van der Waals surface area contributed by atoms with Crippen molar-refractivity contribution >= 4 is 28.7 Å². The minimum absolute atomic E-state index is 0.394. The Bertz CT molecular complexity index is 693. The van der Waals surface area contributed by atoms with Crippen molar-refractivity contribution < 1.29 is 0 Å². The van der Waals surface area contributed by atoms with E-state index in [2.05, 4.69) is 79.5 Å². The number of benzene rings is 2. The maximum atomic E-state index is 5.67. The van der Waals surface area contributed by atoms with Gasteiger partial charge >= 0.3 is 0 Å². The molecule has 2 aromatic carbocycles. The van der Waals surface area contributed by atoms with Crippen LogP contribution in [0, 0.1) is 0 Å². The molecule has 22 heavy (non-hydrogen) atoms. The van der Waals surface area contributed by atoms with Crippen molar-refractivity contribution in [1.82, 2.24) is 0 Å². The second kappa shape index (κ2) is 6.09. The molecular formula is C19H22N2S. The molecule has 0 fully saturated rings. The third-order valence-electron chi connectivity index (χ3n) is 4.23. The first-order valence-electron chi connectivity index (χ1n) is 7.84. The molecule has 1 aliphatic heterocycles. The molecular weight excluding hydrogens is 288 g/mol. The minimum Gasteiger partial charge on any atom is -0.332 e. The maximum Gasteiger partial charge on any atom is 0.178 e. The van der Waals surface area contributed by atoms with Crippen LogP contribution in [-0.4, -0.2) is 11.2 Å². The van der Waals surface area contributed by atoms with E-state index >= 15 is 0 Å². The molecule has 2 aromatic rings. The molecule has 3 rings (SSSR count). The monoisotopic (exact) mass is 310 g/mol. The second-order valence-electron chi connectivity index (χ2n) is 6.26. The molecule has 2 nitrogen and oxygen atoms in total. The Morgan fingerprint density at radius 2 is 1.95 bits per heavy atom. The highest BCUT2D eigenvalue weighted by molar-refractivity contribution is 7.80. The third kappa shape index (κ3) is 2.86. The van der Waals surface area contributed by atoms with Crippen LogP contribution in [0.5, 0.6) is 0 Å². The van der Waals surface area contributed by atoms with Gasteiger partial charge in [0.25, 0.3) is 0 Å². The summed E-state index contributed by atoms with van der Waals surface area (Å²) in [5.41, 5.74) is 4.98. The molecule has 0 aromatic heterocycles. The van der Waals surface area contributed by atoms with Crippen LogP contribution in [0.4, 0.5) is 11.4 Å². The van der Waals surface area contributed by atoms with Crippen LogP contribution < -0.4 is 10.2 Å². The number of fused-ring (bicyclic) bond motifs is 1. The summed E-state index contributed by atoms with van der Waals surface area (Å²) in [6.45, 7) is 6.63. The van der Waals surface area contributed by atoms with Gasteiger partial charge < -0.3 is 10.2 Å². The van der Waals surface area contributed by atoms with E-state index in [9.17, 15) is 0 Å². The Labute approximate surface area is 138 Å². The first-order chi connectivity index (χ1) is 10.6. The van der Waals surface area contributed by atoms with Gasteiger partial charge in [0.1, 0.15) is 0 Å². The maximum absolute atomic E-state index is 5.67. The number of anilines is 2. The average molecular weight is 310 g/mol. The zero-order chi connectivity index (χ0) is 15.7. The minimum atomic E-state index is 0.394. The van der Waals surface area contributed by atoms with Gasteiger partial charge in [-0.15, -0.1) is 0 Å². The quantitative estimate of drug-likeness (QED) is 0.789. The van der Waals surface area contributed by atoms with Crippen LogP contribution in [0.25, 0.3) is 0 Å². The number of hydrogen-bond acceptors (Lipinski definition) is 1. The fraction of sp³-hybridized carbons (Fsp3) is 0.316. The summed E-state index contributed by atoms with van der Waals surface area (Å²) < 4.78 is 0. The lowest BCUT2D eigenvalue weighted by Crippen LogP contribution is -2.38. The predicted molar refractivity (Wildman–Crippen MR) is 98.8 cm³/mol. The third-order valence-corrected chi connectivity index (χ3v) is 4.53. The Balaban J connectivity index is 1.82. The summed E-state index contributed by atoms with van der Waals surface area (Å²) >= 11 is 5.67. The lowest BCUT2D eigenvalue weighted by molar-refractivity contribution is 0.776. The van der Waals surface area contributed by atoms with Crippen molar-refractivity contribution in [1.29, 1.82) is 0 Å². The summed E-state index contributed by atoms with van der Waals surface area (Å²) in [6, 6.07) is 17.4. The van der Waals surface area contributed by atoms with Gasteiger partial charge in [-0.25, -0.2) is 0 Å². The van der Waals surface area contributed by atoms with Gasteiger partial charge in [-0.05, 0) is 60.8 Å². The zero-order valence-electron chi connectivity index (χ0n) is 13.3. The van der Waals surface area contributed by atoms with E-state index in [-0.39, 0.29) is 0 Å². The highest BCUT2D eigenvalue weighted by Crippen LogP contribution is 2.32. The summed E-state index contributed by atoms with van der Waals surface area (Å²) in [6.07, 6.45) is 1.05. The van der Waals surface area contributed by atoms with Crippen LogP contribution in [0.1, 0.15) is 37.8 Å². The second-order valence-corrected chi connectivity index (χ2v) is 6.65. The summed E-state index contributed by atoms with van der Waals surface area (Å²) in [5.74, 6) is 0.516. The van der Waals surface area contributed by atoms with E-state index in [1.165, 1.54) is 16.8 Å². The summed E-state index contributed by atoms with van der Waals surface area (Å²) in [4.78, 5) is 2.23. The Kier molecular flexibility index (Phi) is 4.16. The molecule has 0 saturated heterocycles. The SMILES string of the molecule is CC(C)c1cccc(NC(=S)N2c3ccccc3CC2C)c1. The Hall–Kier alpha value is -1.87. The van der Waals surface area contributed by atoms with E-state index in [0.717, 1.165) is 17.2 Å². The van der Waals surface area contributed by atoms with Gasteiger partial charge in [0.15, 0.2) is 5.11 Å². The van der Waals surface area contributed by atoms with Crippen LogP contribution in [0.15, 0.2) is 48.5 Å². The average Bonchev–Trinajstić information content (AvgIpc) is 2.83. The number of para-hydroxylation sites is 1. The number of nitrogens with zero attached hydrogens (tertiary/aromatic N) is 1. The van der Waals surface area contributed by atoms with E-state index in [1.54, 1.807) is 0 Å². The van der Waals surface area contributed by atoms with E-state index in [1.807, 2.05) is 0 Å². The molecule has 1 unspecified atom stereocenters. The van der Waals surface area contributed by atoms with Crippen LogP contribution >= 0.6 is 12.2 Å². The molecule has 3 heteroatoms. The lowest BCUT2D eigenvalue weighted by atomic mass is 10.0. The van der Waals surface area contributed by atoms with Crippen molar-refractivity contribution in [3.8, 4) is 0 Å². The largest absolute Gasteiger partial charge is 0.332 e. The fourth-order valence-electron chi connectivity index (χ4n) is 3.03. The number of thiocarbonyl (C=S) groups is 1. The number of hydrogen-bond donors (Lipinski definition) is 1.